The van der Waals surface area contributed by atoms with Gasteiger partial charge in [-0.25, -0.2) is 4.99 Å². The Morgan fingerprint density at radius 1 is 1.10 bits per heavy atom. The molecule has 0 amide bonds. The normalized spacial score (nSPS) is 18.4. The summed E-state index contributed by atoms with van der Waals surface area (Å²) >= 11 is 0. The van der Waals surface area contributed by atoms with Gasteiger partial charge in [-0.05, 0) is 43.2 Å². The van der Waals surface area contributed by atoms with Gasteiger partial charge in [0.15, 0.2) is 17.5 Å². The number of para-hydroxylation sites is 1. The van der Waals surface area contributed by atoms with E-state index in [2.05, 4.69) is 58.9 Å². The van der Waals surface area contributed by atoms with Gasteiger partial charge in [-0.1, -0.05) is 24.3 Å². The number of benzene rings is 2. The number of nitrogens with one attached hydrogen (secondary N) is 2. The molecule has 0 aliphatic carbocycles. The molecule has 2 aliphatic heterocycles. The number of hydrogen-bond donors (Lipinski definition) is 2. The zero-order valence-corrected chi connectivity index (χ0v) is 19.8. The highest BCUT2D eigenvalue weighted by Crippen LogP contribution is 2.30. The fourth-order valence-electron chi connectivity index (χ4n) is 3.74. The summed E-state index contributed by atoms with van der Waals surface area (Å²) in [5, 5.41) is 6.97. The highest BCUT2D eigenvalue weighted by Gasteiger charge is 2.23. The van der Waals surface area contributed by atoms with Gasteiger partial charge in [-0.2, -0.15) is 0 Å². The third-order valence-corrected chi connectivity index (χ3v) is 5.23. The molecule has 6 nitrogen and oxygen atoms in total. The second kappa shape index (κ2) is 11.3. The predicted molar refractivity (Wildman–Crippen MR) is 132 cm³/mol. The molecule has 0 radical (unpaired) electrons. The van der Waals surface area contributed by atoms with Crippen LogP contribution in [0.2, 0.25) is 0 Å². The van der Waals surface area contributed by atoms with Gasteiger partial charge < -0.3 is 25.0 Å². The lowest BCUT2D eigenvalue weighted by Gasteiger charge is -2.20. The Balaban J connectivity index is 0.00000256. The molecule has 2 aromatic rings. The summed E-state index contributed by atoms with van der Waals surface area (Å²) in [7, 11) is 0. The summed E-state index contributed by atoms with van der Waals surface area (Å²) in [6.07, 6.45) is 2.02. The van der Waals surface area contributed by atoms with Crippen molar-refractivity contribution in [2.75, 3.05) is 37.7 Å². The van der Waals surface area contributed by atoms with Crippen LogP contribution in [0.25, 0.3) is 0 Å². The van der Waals surface area contributed by atoms with E-state index < -0.39 is 0 Å². The number of aliphatic imine (C=N–C) groups is 1. The third-order valence-electron chi connectivity index (χ3n) is 5.23. The van der Waals surface area contributed by atoms with Crippen molar-refractivity contribution in [3.63, 3.8) is 0 Å². The number of halogens is 1. The maximum Gasteiger partial charge on any atom is 0.191 e. The number of rotatable bonds is 5. The lowest BCUT2D eigenvalue weighted by atomic mass is 10.2. The van der Waals surface area contributed by atoms with Crippen molar-refractivity contribution in [1.82, 2.24) is 10.6 Å². The molecule has 1 unspecified atom stereocenters. The van der Waals surface area contributed by atoms with Gasteiger partial charge >= 0.3 is 0 Å². The highest BCUT2D eigenvalue weighted by molar-refractivity contribution is 14.0. The van der Waals surface area contributed by atoms with Crippen LogP contribution in [0.5, 0.6) is 11.5 Å². The lowest BCUT2D eigenvalue weighted by Crippen LogP contribution is -2.44. The fourth-order valence-corrected chi connectivity index (χ4v) is 3.74. The van der Waals surface area contributed by atoms with E-state index in [9.17, 15) is 0 Å². The SMILES string of the molecule is CCNC(=NCc1ccc2c(c1)OCCCO2)NC1CCN(c2ccccc2)C1.I. The number of ether oxygens (including phenoxy) is 2. The van der Waals surface area contributed by atoms with Crippen molar-refractivity contribution in [2.45, 2.75) is 32.4 Å². The Kier molecular flexibility index (Phi) is 8.48. The van der Waals surface area contributed by atoms with Crippen molar-refractivity contribution in [2.24, 2.45) is 4.99 Å². The monoisotopic (exact) mass is 522 g/mol. The Labute approximate surface area is 196 Å². The second-order valence-corrected chi connectivity index (χ2v) is 7.44. The molecule has 0 bridgehead atoms. The van der Waals surface area contributed by atoms with Crippen molar-refractivity contribution in [3.05, 3.63) is 54.1 Å². The molecule has 7 heteroatoms. The average molecular weight is 522 g/mol. The van der Waals surface area contributed by atoms with Crippen LogP contribution in [0.15, 0.2) is 53.5 Å². The first-order valence-electron chi connectivity index (χ1n) is 10.5. The minimum atomic E-state index is 0. The number of nitrogens with zero attached hydrogens (tertiary/aromatic N) is 2. The molecule has 2 aliphatic rings. The Morgan fingerprint density at radius 2 is 1.90 bits per heavy atom. The van der Waals surface area contributed by atoms with Crippen LogP contribution in [0, 0.1) is 0 Å². The van der Waals surface area contributed by atoms with Crippen molar-refractivity contribution in [1.29, 1.82) is 0 Å². The summed E-state index contributed by atoms with van der Waals surface area (Å²) in [6.45, 7) is 6.98. The van der Waals surface area contributed by atoms with E-state index in [1.165, 1.54) is 5.69 Å². The minimum absolute atomic E-state index is 0. The fraction of sp³-hybridized carbons (Fsp3) is 0.435. The largest absolute Gasteiger partial charge is 0.490 e. The second-order valence-electron chi connectivity index (χ2n) is 7.44. The van der Waals surface area contributed by atoms with Gasteiger partial charge in [-0.3, -0.25) is 0 Å². The van der Waals surface area contributed by atoms with E-state index >= 15 is 0 Å². The Morgan fingerprint density at radius 3 is 2.70 bits per heavy atom. The van der Waals surface area contributed by atoms with Gasteiger partial charge in [0.1, 0.15) is 0 Å². The molecule has 1 saturated heterocycles. The number of hydrogen-bond acceptors (Lipinski definition) is 4. The molecule has 0 aromatic heterocycles. The smallest absolute Gasteiger partial charge is 0.191 e. The maximum atomic E-state index is 5.79. The number of fused-ring (bicyclic) bond motifs is 1. The molecule has 1 atom stereocenters. The number of anilines is 1. The van der Waals surface area contributed by atoms with Crippen LogP contribution in [0.4, 0.5) is 5.69 Å². The van der Waals surface area contributed by atoms with Crippen LogP contribution < -0.4 is 25.0 Å². The molecule has 0 spiro atoms. The molecule has 2 aromatic carbocycles. The quantitative estimate of drug-likeness (QED) is 0.356. The van der Waals surface area contributed by atoms with Gasteiger partial charge in [0.05, 0.1) is 19.8 Å². The summed E-state index contributed by atoms with van der Waals surface area (Å²) in [5.74, 6) is 2.51. The molecule has 2 N–H and O–H groups in total. The first-order chi connectivity index (χ1) is 14.3. The summed E-state index contributed by atoms with van der Waals surface area (Å²) < 4.78 is 11.5. The lowest BCUT2D eigenvalue weighted by molar-refractivity contribution is 0.297. The molecule has 4 rings (SSSR count). The molecule has 2 heterocycles. The zero-order chi connectivity index (χ0) is 19.9. The summed E-state index contributed by atoms with van der Waals surface area (Å²) in [4.78, 5) is 7.22. The van der Waals surface area contributed by atoms with Gasteiger partial charge in [0, 0.05) is 37.8 Å². The van der Waals surface area contributed by atoms with Gasteiger partial charge in [0.2, 0.25) is 0 Å². The van der Waals surface area contributed by atoms with E-state index in [4.69, 9.17) is 14.5 Å². The highest BCUT2D eigenvalue weighted by atomic mass is 127. The Hall–Kier alpha value is -2.16. The molecule has 1 fully saturated rings. The standard InChI is InChI=1S/C23H30N4O2.HI/c1-2-24-23(26-19-11-12-27(17-19)20-7-4-3-5-8-20)25-16-18-9-10-21-22(15-18)29-14-6-13-28-21;/h3-5,7-10,15,19H,2,6,11-14,16-17H2,1H3,(H2,24,25,26);1H. The van der Waals surface area contributed by atoms with Gasteiger partial charge in [-0.15, -0.1) is 24.0 Å². The molecular formula is C23H31IN4O2. The van der Waals surface area contributed by atoms with E-state index in [1.54, 1.807) is 0 Å². The summed E-state index contributed by atoms with van der Waals surface area (Å²) in [6, 6.07) is 17.1. The van der Waals surface area contributed by atoms with Crippen LogP contribution in [-0.4, -0.2) is 44.8 Å². The van der Waals surface area contributed by atoms with Crippen molar-refractivity contribution in [3.8, 4) is 11.5 Å². The molecule has 162 valence electrons. The third kappa shape index (κ3) is 5.93. The van der Waals surface area contributed by atoms with Crippen molar-refractivity contribution < 1.29 is 9.47 Å². The zero-order valence-electron chi connectivity index (χ0n) is 17.5. The molecular weight excluding hydrogens is 491 g/mol. The maximum absolute atomic E-state index is 5.79. The van der Waals surface area contributed by atoms with Gasteiger partial charge in [0.25, 0.3) is 0 Å². The Bertz CT molecular complexity index is 831. The minimum Gasteiger partial charge on any atom is -0.490 e. The van der Waals surface area contributed by atoms with E-state index in [0.717, 1.165) is 55.5 Å². The van der Waals surface area contributed by atoms with Crippen LogP contribution in [0.1, 0.15) is 25.3 Å². The van der Waals surface area contributed by atoms with E-state index in [-0.39, 0.29) is 24.0 Å². The van der Waals surface area contributed by atoms with Crippen LogP contribution in [0.3, 0.4) is 0 Å². The summed E-state index contributed by atoms with van der Waals surface area (Å²) in [5.41, 5.74) is 2.40. The predicted octanol–water partition coefficient (Wildman–Crippen LogP) is 3.80. The van der Waals surface area contributed by atoms with E-state index in [1.807, 2.05) is 12.1 Å². The first-order valence-corrected chi connectivity index (χ1v) is 10.5. The van der Waals surface area contributed by atoms with Crippen molar-refractivity contribution >= 4 is 35.6 Å². The van der Waals surface area contributed by atoms with Crippen LogP contribution >= 0.6 is 24.0 Å². The van der Waals surface area contributed by atoms with Crippen LogP contribution in [-0.2, 0) is 6.54 Å². The first kappa shape index (κ1) is 22.5. The molecule has 0 saturated carbocycles. The molecule has 30 heavy (non-hydrogen) atoms. The van der Waals surface area contributed by atoms with E-state index in [0.29, 0.717) is 25.8 Å². The topological polar surface area (TPSA) is 58.1 Å². The number of guanidine groups is 1. The average Bonchev–Trinajstić information content (AvgIpc) is 3.09.